The van der Waals surface area contributed by atoms with Crippen LogP contribution < -0.4 is 9.47 Å². The summed E-state index contributed by atoms with van der Waals surface area (Å²) in [5, 5.41) is 9.15. The fourth-order valence-corrected chi connectivity index (χ4v) is 2.84. The van der Waals surface area contributed by atoms with Crippen molar-refractivity contribution in [1.29, 1.82) is 0 Å². The number of hydrogen-bond donors (Lipinski definition) is 1. The zero-order chi connectivity index (χ0) is 17.2. The third-order valence-corrected chi connectivity index (χ3v) is 4.66. The van der Waals surface area contributed by atoms with Gasteiger partial charge < -0.3 is 14.6 Å². The number of carboxylic acid groups (broad SMARTS) is 1. The second-order valence-corrected chi connectivity index (χ2v) is 6.22. The molecule has 1 aliphatic carbocycles. The van der Waals surface area contributed by atoms with Crippen LogP contribution in [-0.2, 0) is 4.79 Å². The van der Waals surface area contributed by atoms with E-state index >= 15 is 0 Å². The first-order chi connectivity index (χ1) is 10.8. The van der Waals surface area contributed by atoms with Gasteiger partial charge in [-0.25, -0.2) is 9.18 Å². The molecule has 0 radical (unpaired) electrons. The molecule has 1 N–H and O–H groups in total. The van der Waals surface area contributed by atoms with Crippen molar-refractivity contribution in [3.05, 3.63) is 23.5 Å². The van der Waals surface area contributed by atoms with Gasteiger partial charge in [0.05, 0.1) is 13.2 Å². The summed E-state index contributed by atoms with van der Waals surface area (Å²) in [5.74, 6) is -1.86. The highest BCUT2D eigenvalue weighted by molar-refractivity contribution is 5.91. The summed E-state index contributed by atoms with van der Waals surface area (Å²) in [5.41, 5.74) is -0.488. The Bertz CT molecular complexity index is 618. The minimum atomic E-state index is -1.21. The van der Waals surface area contributed by atoms with Crippen LogP contribution in [0.15, 0.2) is 12.1 Å². The smallest absolute Gasteiger partial charge is 0.339 e. The summed E-state index contributed by atoms with van der Waals surface area (Å²) in [4.78, 5) is 22.9. The number of benzene rings is 1. The minimum Gasteiger partial charge on any atom is -0.496 e. The highest BCUT2D eigenvalue weighted by atomic mass is 19.1. The predicted molar refractivity (Wildman–Crippen MR) is 81.6 cm³/mol. The SMILES string of the molecule is COc1cc(F)c(OC2CCC(C)(C(C)=O)CC2)cc1C(=O)O. The van der Waals surface area contributed by atoms with Crippen molar-refractivity contribution in [3.63, 3.8) is 0 Å². The van der Waals surface area contributed by atoms with E-state index in [1.54, 1.807) is 6.92 Å². The van der Waals surface area contributed by atoms with Crippen molar-refractivity contribution in [2.45, 2.75) is 45.6 Å². The Hall–Kier alpha value is -2.11. The fraction of sp³-hybridized carbons (Fsp3) is 0.529. The van der Waals surface area contributed by atoms with Gasteiger partial charge in [-0.15, -0.1) is 0 Å². The maximum absolute atomic E-state index is 14.1. The average Bonchev–Trinajstić information content (AvgIpc) is 2.50. The molecule has 1 saturated carbocycles. The standard InChI is InChI=1S/C17H21FO5/c1-10(19)17(2)6-4-11(5-7-17)23-15-8-12(16(20)21)14(22-3)9-13(15)18/h8-9,11H,4-7H2,1-3H3,(H,20,21). The van der Waals surface area contributed by atoms with Gasteiger partial charge >= 0.3 is 5.97 Å². The second-order valence-electron chi connectivity index (χ2n) is 6.22. The Morgan fingerprint density at radius 2 is 1.87 bits per heavy atom. The lowest BCUT2D eigenvalue weighted by atomic mass is 9.72. The number of ketones is 1. The van der Waals surface area contributed by atoms with Crippen LogP contribution in [-0.4, -0.2) is 30.1 Å². The summed E-state index contributed by atoms with van der Waals surface area (Å²) in [6, 6.07) is 2.16. The number of carboxylic acids is 1. The molecule has 1 aromatic rings. The topological polar surface area (TPSA) is 72.8 Å². The van der Waals surface area contributed by atoms with Crippen molar-refractivity contribution < 1.29 is 28.6 Å². The molecule has 1 aromatic carbocycles. The number of halogens is 1. The van der Waals surface area contributed by atoms with E-state index in [0.29, 0.717) is 25.7 Å². The van der Waals surface area contributed by atoms with Crippen LogP contribution in [0.25, 0.3) is 0 Å². The van der Waals surface area contributed by atoms with Gasteiger partial charge in [-0.2, -0.15) is 0 Å². The number of carbonyl (C=O) groups excluding carboxylic acids is 1. The van der Waals surface area contributed by atoms with E-state index in [4.69, 9.17) is 14.6 Å². The minimum absolute atomic E-state index is 0.0462. The van der Waals surface area contributed by atoms with Crippen molar-refractivity contribution in [3.8, 4) is 11.5 Å². The largest absolute Gasteiger partial charge is 0.496 e. The Morgan fingerprint density at radius 3 is 2.35 bits per heavy atom. The molecule has 0 atom stereocenters. The molecule has 23 heavy (non-hydrogen) atoms. The van der Waals surface area contributed by atoms with Crippen LogP contribution in [0.4, 0.5) is 4.39 Å². The molecule has 126 valence electrons. The molecule has 1 aliphatic rings. The molecule has 0 amide bonds. The van der Waals surface area contributed by atoms with Crippen LogP contribution in [0.5, 0.6) is 11.5 Å². The van der Waals surface area contributed by atoms with Gasteiger partial charge in [0.1, 0.15) is 17.1 Å². The summed E-state index contributed by atoms with van der Waals surface area (Å²) in [7, 11) is 1.28. The van der Waals surface area contributed by atoms with Crippen LogP contribution in [0.2, 0.25) is 0 Å². The Kier molecular flexibility index (Phi) is 4.92. The first-order valence-electron chi connectivity index (χ1n) is 7.55. The monoisotopic (exact) mass is 324 g/mol. The molecule has 1 fully saturated rings. The van der Waals surface area contributed by atoms with Gasteiger partial charge in [-0.3, -0.25) is 4.79 Å². The molecular formula is C17H21FO5. The Morgan fingerprint density at radius 1 is 1.26 bits per heavy atom. The van der Waals surface area contributed by atoms with Crippen molar-refractivity contribution in [2.24, 2.45) is 5.41 Å². The van der Waals surface area contributed by atoms with E-state index in [1.807, 2.05) is 6.92 Å². The Labute approximate surface area is 134 Å². The lowest BCUT2D eigenvalue weighted by Crippen LogP contribution is -2.35. The Balaban J connectivity index is 2.14. The van der Waals surface area contributed by atoms with E-state index in [1.165, 1.54) is 7.11 Å². The van der Waals surface area contributed by atoms with Gasteiger partial charge in [0.15, 0.2) is 11.6 Å². The highest BCUT2D eigenvalue weighted by Gasteiger charge is 2.36. The molecule has 0 spiro atoms. The number of rotatable bonds is 5. The van der Waals surface area contributed by atoms with Gasteiger partial charge in [-0.1, -0.05) is 6.92 Å². The predicted octanol–water partition coefficient (Wildman–Crippen LogP) is 3.45. The molecule has 0 aliphatic heterocycles. The fourth-order valence-electron chi connectivity index (χ4n) is 2.84. The maximum atomic E-state index is 14.1. The zero-order valence-corrected chi connectivity index (χ0v) is 13.5. The maximum Gasteiger partial charge on any atom is 0.339 e. The number of Topliss-reactive ketones (excluding diaryl/α,β-unsaturated/α-hetero) is 1. The van der Waals surface area contributed by atoms with E-state index in [2.05, 4.69) is 0 Å². The molecule has 6 heteroatoms. The lowest BCUT2D eigenvalue weighted by Gasteiger charge is -2.35. The molecule has 2 rings (SSSR count). The molecule has 0 saturated heterocycles. The van der Waals surface area contributed by atoms with Crippen molar-refractivity contribution in [2.75, 3.05) is 7.11 Å². The van der Waals surface area contributed by atoms with Crippen LogP contribution in [0.3, 0.4) is 0 Å². The van der Waals surface area contributed by atoms with Gasteiger partial charge in [-0.05, 0) is 32.6 Å². The van der Waals surface area contributed by atoms with E-state index in [9.17, 15) is 14.0 Å². The van der Waals surface area contributed by atoms with Crippen LogP contribution >= 0.6 is 0 Å². The third-order valence-electron chi connectivity index (χ3n) is 4.66. The molecule has 5 nitrogen and oxygen atoms in total. The first kappa shape index (κ1) is 17.2. The van der Waals surface area contributed by atoms with Crippen molar-refractivity contribution in [1.82, 2.24) is 0 Å². The number of ether oxygens (including phenoxy) is 2. The molecule has 0 heterocycles. The third kappa shape index (κ3) is 3.63. The van der Waals surface area contributed by atoms with Gasteiger partial charge in [0.25, 0.3) is 0 Å². The summed E-state index contributed by atoms with van der Waals surface area (Å²) in [6.07, 6.45) is 2.38. The van der Waals surface area contributed by atoms with Crippen molar-refractivity contribution >= 4 is 11.8 Å². The first-order valence-corrected chi connectivity index (χ1v) is 7.55. The highest BCUT2D eigenvalue weighted by Crippen LogP contribution is 2.39. The summed E-state index contributed by atoms with van der Waals surface area (Å²) in [6.45, 7) is 3.52. The van der Waals surface area contributed by atoms with E-state index < -0.39 is 11.8 Å². The van der Waals surface area contributed by atoms with Gasteiger partial charge in [0.2, 0.25) is 0 Å². The zero-order valence-electron chi connectivity index (χ0n) is 13.5. The van der Waals surface area contributed by atoms with Gasteiger partial charge in [0, 0.05) is 17.5 Å². The normalized spacial score (nSPS) is 24.1. The average molecular weight is 324 g/mol. The number of methoxy groups -OCH3 is 1. The quantitative estimate of drug-likeness (QED) is 0.898. The van der Waals surface area contributed by atoms with E-state index in [0.717, 1.165) is 12.1 Å². The van der Waals surface area contributed by atoms with Crippen LogP contribution in [0.1, 0.15) is 49.9 Å². The number of carbonyl (C=O) groups is 2. The molecule has 0 unspecified atom stereocenters. The second kappa shape index (κ2) is 6.56. The number of aromatic carboxylic acids is 1. The van der Waals surface area contributed by atoms with E-state index in [-0.39, 0.29) is 34.4 Å². The molecule has 0 bridgehead atoms. The summed E-state index contributed by atoms with van der Waals surface area (Å²) >= 11 is 0. The number of hydrogen-bond acceptors (Lipinski definition) is 4. The lowest BCUT2D eigenvalue weighted by molar-refractivity contribution is -0.128. The molecular weight excluding hydrogens is 303 g/mol. The summed E-state index contributed by atoms with van der Waals surface area (Å²) < 4.78 is 24.6. The van der Waals surface area contributed by atoms with Crippen LogP contribution in [0, 0.1) is 11.2 Å². The molecule has 0 aromatic heterocycles.